The maximum absolute atomic E-state index is 14.2. The van der Waals surface area contributed by atoms with E-state index in [1.54, 1.807) is 0 Å². The lowest BCUT2D eigenvalue weighted by atomic mass is 9.35. The molecule has 2 N–H and O–H groups in total. The molecule has 10 atom stereocenters. The molecule has 0 aromatic rings. The van der Waals surface area contributed by atoms with E-state index in [1.807, 2.05) is 13.8 Å². The van der Waals surface area contributed by atoms with E-state index in [1.165, 1.54) is 0 Å². The van der Waals surface area contributed by atoms with Gasteiger partial charge in [-0.1, -0.05) is 34.6 Å². The summed E-state index contributed by atoms with van der Waals surface area (Å²) in [6.07, 6.45) is 8.44. The third kappa shape index (κ3) is 3.09. The number of aliphatic hydroxyl groups excluding tert-OH is 1. The Balaban J connectivity index is 1.49. The van der Waals surface area contributed by atoms with Crippen molar-refractivity contribution in [2.45, 2.75) is 137 Å². The number of hydrogen-bond acceptors (Lipinski definition) is 4. The molecule has 4 nitrogen and oxygen atoms in total. The number of carbonyl (C=O) groups excluding carboxylic acids is 1. The molecular weight excluding hydrogens is 424 g/mol. The van der Waals surface area contributed by atoms with Crippen molar-refractivity contribution in [3.05, 3.63) is 0 Å². The van der Waals surface area contributed by atoms with Crippen LogP contribution in [-0.2, 0) is 9.53 Å². The smallest absolute Gasteiger partial charge is 0.137 e. The monoisotopic (exact) mass is 474 g/mol. The molecule has 1 heterocycles. The Kier molecular flexibility index (Phi) is 5.42. The molecule has 5 fully saturated rings. The van der Waals surface area contributed by atoms with Gasteiger partial charge < -0.3 is 14.9 Å². The van der Waals surface area contributed by atoms with E-state index in [-0.39, 0.29) is 51.3 Å². The topological polar surface area (TPSA) is 66.8 Å². The minimum atomic E-state index is -0.849. The molecule has 0 radical (unpaired) electrons. The highest BCUT2D eigenvalue weighted by atomic mass is 16.5. The van der Waals surface area contributed by atoms with Gasteiger partial charge in [-0.15, -0.1) is 0 Å². The molecule has 34 heavy (non-hydrogen) atoms. The first-order valence-corrected chi connectivity index (χ1v) is 14.1. The average molecular weight is 475 g/mol. The summed E-state index contributed by atoms with van der Waals surface area (Å²) in [5, 5.41) is 21.5. The summed E-state index contributed by atoms with van der Waals surface area (Å²) >= 11 is 0. The van der Waals surface area contributed by atoms with Crippen LogP contribution in [0.4, 0.5) is 0 Å². The highest BCUT2D eigenvalue weighted by molar-refractivity contribution is 5.84. The Hall–Kier alpha value is -0.450. The maximum atomic E-state index is 14.2. The fourth-order valence-electron chi connectivity index (χ4n) is 10.7. The summed E-state index contributed by atoms with van der Waals surface area (Å²) in [6, 6.07) is 0. The summed E-state index contributed by atoms with van der Waals surface area (Å²) in [5.41, 5.74) is -1.04. The third-order valence-corrected chi connectivity index (χ3v) is 13.0. The minimum Gasteiger partial charge on any atom is -0.393 e. The molecule has 4 heteroatoms. The fourth-order valence-corrected chi connectivity index (χ4v) is 10.7. The molecule has 1 saturated heterocycles. The number of aliphatic hydroxyl groups is 2. The lowest BCUT2D eigenvalue weighted by Crippen LogP contribution is -2.66. The molecule has 0 bridgehead atoms. The number of rotatable bonds is 2. The van der Waals surface area contributed by atoms with E-state index in [2.05, 4.69) is 41.5 Å². The van der Waals surface area contributed by atoms with Gasteiger partial charge in [-0.2, -0.15) is 0 Å². The second-order valence-electron chi connectivity index (χ2n) is 15.3. The van der Waals surface area contributed by atoms with Crippen LogP contribution in [0.5, 0.6) is 0 Å². The number of ether oxygens (including phenoxy) is 1. The Morgan fingerprint density at radius 2 is 1.50 bits per heavy atom. The molecule has 0 aromatic carbocycles. The minimum absolute atomic E-state index is 0.00889. The molecule has 0 amide bonds. The number of fused-ring (bicyclic) bond motifs is 5. The lowest BCUT2D eigenvalue weighted by molar-refractivity contribution is -0.222. The lowest BCUT2D eigenvalue weighted by Gasteiger charge is -2.69. The van der Waals surface area contributed by atoms with Crippen molar-refractivity contribution in [1.29, 1.82) is 0 Å². The van der Waals surface area contributed by atoms with E-state index >= 15 is 0 Å². The second-order valence-corrected chi connectivity index (χ2v) is 15.3. The Bertz CT molecular complexity index is 858. The van der Waals surface area contributed by atoms with Gasteiger partial charge in [-0.25, -0.2) is 0 Å². The number of Topliss-reactive ketones (excluding diaryl/α,β-unsaturated/α-hetero) is 1. The summed E-state index contributed by atoms with van der Waals surface area (Å²) < 4.78 is 6.62. The highest BCUT2D eigenvalue weighted by Crippen LogP contribution is 2.75. The first-order valence-electron chi connectivity index (χ1n) is 14.1. The maximum Gasteiger partial charge on any atom is 0.137 e. The van der Waals surface area contributed by atoms with Crippen LogP contribution in [0.15, 0.2) is 0 Å². The molecule has 5 rings (SSSR count). The standard InChI is InChI=1S/C30H50O4/c1-25(2)20-10-15-28(6)21(27(20,5)13-11-22(25)32)17-19(31)24-18(9-14-29(24,28)7)30(8)16-12-23(34-30)26(3,4)33/h18,20-24,32-33H,9-17H2,1-8H3. The van der Waals surface area contributed by atoms with Crippen molar-refractivity contribution >= 4 is 5.78 Å². The molecular formula is C30H50O4. The zero-order chi connectivity index (χ0) is 25.1. The van der Waals surface area contributed by atoms with Gasteiger partial charge in [-0.05, 0) is 112 Å². The van der Waals surface area contributed by atoms with Gasteiger partial charge in [0, 0.05) is 12.3 Å². The molecule has 1 aliphatic heterocycles. The van der Waals surface area contributed by atoms with Gasteiger partial charge in [0.25, 0.3) is 0 Å². The van der Waals surface area contributed by atoms with Gasteiger partial charge in [0.2, 0.25) is 0 Å². The normalized spacial score (nSPS) is 54.9. The van der Waals surface area contributed by atoms with Crippen molar-refractivity contribution in [2.24, 2.45) is 45.3 Å². The van der Waals surface area contributed by atoms with Crippen molar-refractivity contribution in [2.75, 3.05) is 0 Å². The fraction of sp³-hybridized carbons (Fsp3) is 0.967. The van der Waals surface area contributed by atoms with Crippen molar-refractivity contribution in [3.8, 4) is 0 Å². The predicted octanol–water partition coefficient (Wildman–Crippen LogP) is 5.92. The van der Waals surface area contributed by atoms with Crippen LogP contribution < -0.4 is 0 Å². The van der Waals surface area contributed by atoms with Crippen LogP contribution in [0.1, 0.15) is 113 Å². The number of ketones is 1. The molecule has 4 saturated carbocycles. The van der Waals surface area contributed by atoms with Crippen LogP contribution in [-0.4, -0.2) is 39.4 Å². The van der Waals surface area contributed by atoms with Crippen LogP contribution in [0.3, 0.4) is 0 Å². The van der Waals surface area contributed by atoms with Crippen LogP contribution >= 0.6 is 0 Å². The molecule has 4 aliphatic carbocycles. The van der Waals surface area contributed by atoms with Crippen LogP contribution in [0, 0.1) is 45.3 Å². The van der Waals surface area contributed by atoms with Gasteiger partial charge in [0.1, 0.15) is 5.78 Å². The largest absolute Gasteiger partial charge is 0.393 e. The molecule has 0 aromatic heterocycles. The zero-order valence-corrected chi connectivity index (χ0v) is 23.0. The summed E-state index contributed by atoms with van der Waals surface area (Å²) in [4.78, 5) is 14.2. The van der Waals surface area contributed by atoms with E-state index in [9.17, 15) is 15.0 Å². The highest BCUT2D eigenvalue weighted by Gasteiger charge is 2.72. The number of carbonyl (C=O) groups is 1. The summed E-state index contributed by atoms with van der Waals surface area (Å²) in [5.74, 6) is 1.62. The SMILES string of the molecule is CC(C)(O)C1CCC(C)(C2CCC3(C)C2C(=O)CC2C4(C)CCC(O)C(C)(C)C4CCC23C)O1. The molecule has 194 valence electrons. The van der Waals surface area contributed by atoms with Gasteiger partial charge in [-0.3, -0.25) is 4.79 Å². The second kappa shape index (κ2) is 7.32. The van der Waals surface area contributed by atoms with E-state index in [0.717, 1.165) is 51.4 Å². The predicted molar refractivity (Wildman–Crippen MR) is 134 cm³/mol. The van der Waals surface area contributed by atoms with Crippen molar-refractivity contribution in [1.82, 2.24) is 0 Å². The molecule has 10 unspecified atom stereocenters. The quantitative estimate of drug-likeness (QED) is 0.521. The Morgan fingerprint density at radius 1 is 0.853 bits per heavy atom. The van der Waals surface area contributed by atoms with Crippen molar-refractivity contribution < 1.29 is 19.7 Å². The zero-order valence-electron chi connectivity index (χ0n) is 23.0. The summed E-state index contributed by atoms with van der Waals surface area (Å²) in [7, 11) is 0. The molecule has 5 aliphatic rings. The van der Waals surface area contributed by atoms with Gasteiger partial charge >= 0.3 is 0 Å². The van der Waals surface area contributed by atoms with E-state index < -0.39 is 5.60 Å². The van der Waals surface area contributed by atoms with Crippen LogP contribution in [0.2, 0.25) is 0 Å². The Morgan fingerprint density at radius 3 is 2.12 bits per heavy atom. The van der Waals surface area contributed by atoms with E-state index in [0.29, 0.717) is 24.0 Å². The average Bonchev–Trinajstić information content (AvgIpc) is 3.30. The number of hydrogen-bond donors (Lipinski definition) is 2. The third-order valence-electron chi connectivity index (χ3n) is 13.0. The summed E-state index contributed by atoms with van der Waals surface area (Å²) in [6.45, 7) is 17.9. The van der Waals surface area contributed by atoms with Gasteiger partial charge in [0.05, 0.1) is 23.4 Å². The first-order chi connectivity index (χ1) is 15.5. The van der Waals surface area contributed by atoms with E-state index in [4.69, 9.17) is 4.74 Å². The van der Waals surface area contributed by atoms with Gasteiger partial charge in [0.15, 0.2) is 0 Å². The molecule has 0 spiro atoms. The van der Waals surface area contributed by atoms with Crippen LogP contribution in [0.25, 0.3) is 0 Å². The first kappa shape index (κ1) is 25.2. The Labute approximate surface area is 207 Å². The van der Waals surface area contributed by atoms with Crippen molar-refractivity contribution in [3.63, 3.8) is 0 Å².